The molecule has 0 saturated carbocycles. The smallest absolute Gasteiger partial charge is 0.341 e. The molecule has 2 rings (SSSR count). The van der Waals surface area contributed by atoms with Crippen molar-refractivity contribution < 1.29 is 19.1 Å². The van der Waals surface area contributed by atoms with E-state index in [4.69, 9.17) is 32.7 Å². The van der Waals surface area contributed by atoms with Gasteiger partial charge in [0.05, 0.1) is 17.7 Å². The molecule has 0 aliphatic carbocycles. The van der Waals surface area contributed by atoms with Gasteiger partial charge in [-0.3, -0.25) is 4.79 Å². The summed E-state index contributed by atoms with van der Waals surface area (Å²) in [6.45, 7) is 5.44. The third-order valence-corrected chi connectivity index (χ3v) is 5.35. The number of ether oxygens (including phenoxy) is 2. The SMILES string of the molecule is CCc1c(C)sc(NC(=O)C(C)Oc2ccc(Cl)cc2Cl)c1C(=O)OC. The summed E-state index contributed by atoms with van der Waals surface area (Å²) in [4.78, 5) is 25.6. The molecular weight excluding hydrogens is 397 g/mol. The summed E-state index contributed by atoms with van der Waals surface area (Å²) >= 11 is 13.3. The second kappa shape index (κ2) is 8.75. The predicted molar refractivity (Wildman–Crippen MR) is 105 cm³/mol. The lowest BCUT2D eigenvalue weighted by atomic mass is 10.1. The molecule has 1 aromatic heterocycles. The number of hydrogen-bond acceptors (Lipinski definition) is 5. The Morgan fingerprint density at radius 2 is 2.00 bits per heavy atom. The lowest BCUT2D eigenvalue weighted by Crippen LogP contribution is -2.30. The molecule has 0 spiro atoms. The normalized spacial score (nSPS) is 11.8. The highest BCUT2D eigenvalue weighted by Crippen LogP contribution is 2.34. The highest BCUT2D eigenvalue weighted by molar-refractivity contribution is 7.16. The molecule has 0 aliphatic rings. The Balaban J connectivity index is 2.20. The number of methoxy groups -OCH3 is 1. The van der Waals surface area contributed by atoms with Crippen LogP contribution in [0.15, 0.2) is 18.2 Å². The van der Waals surface area contributed by atoms with Gasteiger partial charge in [-0.05, 0) is 44.0 Å². The Morgan fingerprint density at radius 3 is 2.58 bits per heavy atom. The molecule has 1 heterocycles. The van der Waals surface area contributed by atoms with E-state index in [0.29, 0.717) is 32.8 Å². The summed E-state index contributed by atoms with van der Waals surface area (Å²) in [6, 6.07) is 4.76. The van der Waals surface area contributed by atoms with Crippen molar-refractivity contribution in [1.29, 1.82) is 0 Å². The van der Waals surface area contributed by atoms with E-state index in [-0.39, 0.29) is 0 Å². The number of anilines is 1. The number of amides is 1. The summed E-state index contributed by atoms with van der Waals surface area (Å²) < 4.78 is 10.5. The van der Waals surface area contributed by atoms with Crippen LogP contribution in [0.3, 0.4) is 0 Å². The van der Waals surface area contributed by atoms with E-state index >= 15 is 0 Å². The molecule has 0 bridgehead atoms. The van der Waals surface area contributed by atoms with Crippen LogP contribution in [-0.4, -0.2) is 25.1 Å². The molecule has 0 aliphatic heterocycles. The van der Waals surface area contributed by atoms with Crippen molar-refractivity contribution in [3.05, 3.63) is 44.2 Å². The Kier molecular flexibility index (Phi) is 6.92. The average Bonchev–Trinajstić information content (AvgIpc) is 2.91. The Morgan fingerprint density at radius 1 is 1.31 bits per heavy atom. The number of carbonyl (C=O) groups is 2. The fourth-order valence-electron chi connectivity index (χ4n) is 2.44. The Hall–Kier alpha value is -1.76. The van der Waals surface area contributed by atoms with Gasteiger partial charge >= 0.3 is 5.97 Å². The van der Waals surface area contributed by atoms with Crippen LogP contribution in [0.2, 0.25) is 10.0 Å². The van der Waals surface area contributed by atoms with E-state index < -0.39 is 18.0 Å². The van der Waals surface area contributed by atoms with E-state index in [1.165, 1.54) is 24.5 Å². The molecule has 1 atom stereocenters. The first-order valence-corrected chi connectivity index (χ1v) is 9.48. The minimum atomic E-state index is -0.827. The Bertz CT molecular complexity index is 835. The molecule has 26 heavy (non-hydrogen) atoms. The summed E-state index contributed by atoms with van der Waals surface area (Å²) in [5, 5.41) is 4.00. The second-order valence-corrected chi connectivity index (χ2v) is 7.58. The predicted octanol–water partition coefficient (Wildman–Crippen LogP) is 5.12. The number of aryl methyl sites for hydroxylation is 1. The molecule has 2 aromatic rings. The lowest BCUT2D eigenvalue weighted by Gasteiger charge is -2.15. The van der Waals surface area contributed by atoms with Gasteiger partial charge in [0, 0.05) is 9.90 Å². The van der Waals surface area contributed by atoms with Gasteiger partial charge < -0.3 is 14.8 Å². The molecule has 1 aromatic carbocycles. The molecule has 1 unspecified atom stereocenters. The molecular formula is C18H19Cl2NO4S. The zero-order chi connectivity index (χ0) is 19.4. The van der Waals surface area contributed by atoms with Gasteiger partial charge in [0.15, 0.2) is 6.10 Å². The van der Waals surface area contributed by atoms with Crippen LogP contribution < -0.4 is 10.1 Å². The maximum atomic E-state index is 12.5. The minimum Gasteiger partial charge on any atom is -0.479 e. The average molecular weight is 416 g/mol. The molecule has 140 valence electrons. The summed E-state index contributed by atoms with van der Waals surface area (Å²) in [5.74, 6) is -0.524. The fraction of sp³-hybridized carbons (Fsp3) is 0.333. The van der Waals surface area contributed by atoms with E-state index in [1.807, 2.05) is 13.8 Å². The van der Waals surface area contributed by atoms with Gasteiger partial charge in [-0.1, -0.05) is 30.1 Å². The zero-order valence-corrected chi connectivity index (χ0v) is 17.1. The van der Waals surface area contributed by atoms with E-state index in [2.05, 4.69) is 5.32 Å². The molecule has 0 saturated heterocycles. The second-order valence-electron chi connectivity index (χ2n) is 5.51. The van der Waals surface area contributed by atoms with Gasteiger partial charge in [-0.2, -0.15) is 0 Å². The molecule has 0 radical (unpaired) electrons. The van der Waals surface area contributed by atoms with Crippen LogP contribution in [-0.2, 0) is 16.0 Å². The number of rotatable bonds is 6. The zero-order valence-electron chi connectivity index (χ0n) is 14.8. The first-order valence-electron chi connectivity index (χ1n) is 7.91. The number of hydrogen-bond donors (Lipinski definition) is 1. The van der Waals surface area contributed by atoms with Crippen LogP contribution in [0, 0.1) is 6.92 Å². The highest BCUT2D eigenvalue weighted by atomic mass is 35.5. The van der Waals surface area contributed by atoms with E-state index in [1.54, 1.807) is 19.1 Å². The summed E-state index contributed by atoms with van der Waals surface area (Å²) in [5.41, 5.74) is 1.26. The van der Waals surface area contributed by atoms with Gasteiger partial charge in [-0.25, -0.2) is 4.79 Å². The Labute approximate surface area is 166 Å². The summed E-state index contributed by atoms with van der Waals surface area (Å²) in [6.07, 6.45) is -0.165. The minimum absolute atomic E-state index is 0.313. The standard InChI is InChI=1S/C18H19Cl2NO4S/c1-5-12-10(3)26-17(15(12)18(23)24-4)21-16(22)9(2)25-14-7-6-11(19)8-13(14)20/h6-9H,5H2,1-4H3,(H,21,22). The van der Waals surface area contributed by atoms with E-state index in [9.17, 15) is 9.59 Å². The number of halogens is 2. The van der Waals surface area contributed by atoms with Gasteiger partial charge in [-0.15, -0.1) is 11.3 Å². The number of benzene rings is 1. The van der Waals surface area contributed by atoms with Crippen LogP contribution >= 0.6 is 34.5 Å². The molecule has 0 fully saturated rings. The quantitative estimate of drug-likeness (QED) is 0.664. The third kappa shape index (κ3) is 4.50. The van der Waals surface area contributed by atoms with Crippen molar-refractivity contribution in [1.82, 2.24) is 0 Å². The van der Waals surface area contributed by atoms with Crippen LogP contribution in [0.1, 0.15) is 34.6 Å². The van der Waals surface area contributed by atoms with Crippen LogP contribution in [0.25, 0.3) is 0 Å². The number of thiophene rings is 1. The molecule has 1 N–H and O–H groups in total. The van der Waals surface area contributed by atoms with Crippen molar-refractivity contribution in [3.63, 3.8) is 0 Å². The van der Waals surface area contributed by atoms with Crippen LogP contribution in [0.4, 0.5) is 5.00 Å². The maximum Gasteiger partial charge on any atom is 0.341 e. The van der Waals surface area contributed by atoms with Gasteiger partial charge in [0.1, 0.15) is 10.8 Å². The molecule has 8 heteroatoms. The van der Waals surface area contributed by atoms with E-state index in [0.717, 1.165) is 10.4 Å². The van der Waals surface area contributed by atoms with Crippen molar-refractivity contribution in [2.75, 3.05) is 12.4 Å². The fourth-order valence-corrected chi connectivity index (χ4v) is 4.03. The maximum absolute atomic E-state index is 12.5. The van der Waals surface area contributed by atoms with Gasteiger partial charge in [0.2, 0.25) is 0 Å². The topological polar surface area (TPSA) is 64.6 Å². The number of carbonyl (C=O) groups excluding carboxylic acids is 2. The first kappa shape index (κ1) is 20.6. The van der Waals surface area contributed by atoms with Gasteiger partial charge in [0.25, 0.3) is 5.91 Å². The third-order valence-electron chi connectivity index (χ3n) is 3.76. The first-order chi connectivity index (χ1) is 12.3. The van der Waals surface area contributed by atoms with Crippen LogP contribution in [0.5, 0.6) is 5.75 Å². The van der Waals surface area contributed by atoms with Crippen molar-refractivity contribution in [2.45, 2.75) is 33.3 Å². The molecule has 1 amide bonds. The summed E-state index contributed by atoms with van der Waals surface area (Å²) in [7, 11) is 1.31. The molecule has 5 nitrogen and oxygen atoms in total. The van der Waals surface area contributed by atoms with Crippen molar-refractivity contribution >= 4 is 51.4 Å². The highest BCUT2D eigenvalue weighted by Gasteiger charge is 2.25. The monoisotopic (exact) mass is 415 g/mol. The number of nitrogens with one attached hydrogen (secondary N) is 1. The van der Waals surface area contributed by atoms with Crippen molar-refractivity contribution in [2.24, 2.45) is 0 Å². The largest absolute Gasteiger partial charge is 0.479 e. The van der Waals surface area contributed by atoms with Crippen molar-refractivity contribution in [3.8, 4) is 5.75 Å². The lowest BCUT2D eigenvalue weighted by molar-refractivity contribution is -0.122. The number of esters is 1.